The fourth-order valence-electron chi connectivity index (χ4n) is 11.8. The molecule has 30 nitrogen and oxygen atoms in total. The molecule has 30 atom stereocenters. The quantitative estimate of drug-likeness (QED) is 0.0747. The van der Waals surface area contributed by atoms with E-state index in [9.17, 15) is 30.6 Å². The van der Waals surface area contributed by atoms with Crippen LogP contribution in [0.15, 0.2) is 0 Å². The monoisotopic (exact) mass is 1140 g/mol. The van der Waals surface area contributed by atoms with E-state index in [4.69, 9.17) is 114 Å². The van der Waals surface area contributed by atoms with E-state index in [1.807, 2.05) is 0 Å². The molecule has 22 saturated heterocycles. The molecule has 22 aliphatic heterocycles. The van der Waals surface area contributed by atoms with Crippen LogP contribution in [0.4, 0.5) is 0 Å². The van der Waals surface area contributed by atoms with Gasteiger partial charge < -0.3 is 144 Å². The van der Waals surface area contributed by atoms with Crippen LogP contribution in [0.1, 0.15) is 0 Å². The highest BCUT2D eigenvalue weighted by Gasteiger charge is 2.61. The van der Waals surface area contributed by atoms with Crippen molar-refractivity contribution in [3.63, 3.8) is 0 Å². The molecule has 456 valence electrons. The number of ether oxygens (including phenoxy) is 24. The summed E-state index contributed by atoms with van der Waals surface area (Å²) < 4.78 is 150. The van der Waals surface area contributed by atoms with Crippen molar-refractivity contribution < 1.29 is 144 Å². The van der Waals surface area contributed by atoms with Gasteiger partial charge in [0.05, 0.1) is 39.6 Å². The van der Waals surface area contributed by atoms with E-state index >= 15 is 0 Å². The standard InChI is InChI=1S/C48H84O30/c1-55-31-25-19(13-49)67-43(37(31)61-7)74-26-20(14-50)69-45(39(63-9)32(26)56-2)76-28-22(16-52)71-47(41(65-11)34(28)58-4)78-30-24(18-54)72-48(42(66-12)36(30)60-6)77-29-23(17-53)70-46(40(64-10)35(29)59-5)75-27-21(15-51)68-44(73-25)38(62-8)33(27)57-3/h19-54H,13-18H2,1-12H3/t19?,20?,21?,22?,23?,24?,25?,26?,27?,28?,29?,30?,31-,32?,33?,34?,35?,36?,37?,38?,39?,40?,41?,42?,43?,44?,45?,46?,47?,48?/m1/s1. The van der Waals surface area contributed by atoms with Crippen molar-refractivity contribution in [3.05, 3.63) is 0 Å². The van der Waals surface area contributed by atoms with E-state index < -0.39 is 224 Å². The Hall–Kier alpha value is -1.20. The van der Waals surface area contributed by atoms with Crippen LogP contribution >= 0.6 is 0 Å². The maximum atomic E-state index is 11.0. The number of rotatable bonds is 18. The molecular formula is C48H84O30. The molecule has 0 amide bonds. The molecule has 0 saturated carbocycles. The Balaban J connectivity index is 1.31. The van der Waals surface area contributed by atoms with E-state index in [1.165, 1.54) is 85.3 Å². The Labute approximate surface area is 452 Å². The zero-order chi connectivity index (χ0) is 56.5. The average molecular weight is 1140 g/mol. The number of aliphatic hydroxyl groups is 6. The lowest BCUT2D eigenvalue weighted by atomic mass is 9.94. The molecule has 0 radical (unpaired) electrons. The summed E-state index contributed by atoms with van der Waals surface area (Å²) in [5, 5.41) is 65.8. The second-order valence-corrected chi connectivity index (χ2v) is 19.4. The van der Waals surface area contributed by atoms with Crippen molar-refractivity contribution in [2.45, 2.75) is 184 Å². The Morgan fingerprint density at radius 3 is 0.397 bits per heavy atom. The lowest BCUT2D eigenvalue weighted by molar-refractivity contribution is -0.409. The summed E-state index contributed by atoms with van der Waals surface area (Å²) in [6.45, 7) is -3.93. The van der Waals surface area contributed by atoms with Gasteiger partial charge in [-0.05, 0) is 0 Å². The molecule has 0 aromatic heterocycles. The second kappa shape index (κ2) is 30.0. The van der Waals surface area contributed by atoms with Crippen LogP contribution in [0.5, 0.6) is 0 Å². The number of methoxy groups -OCH3 is 12. The number of aliphatic hydroxyl groups excluding tert-OH is 6. The summed E-state index contributed by atoms with van der Waals surface area (Å²) in [7, 11) is 16.7. The van der Waals surface area contributed by atoms with Crippen LogP contribution in [0, 0.1) is 0 Å². The van der Waals surface area contributed by atoms with E-state index in [2.05, 4.69) is 0 Å². The van der Waals surface area contributed by atoms with Crippen molar-refractivity contribution in [3.8, 4) is 0 Å². The molecule has 29 unspecified atom stereocenters. The van der Waals surface area contributed by atoms with Gasteiger partial charge >= 0.3 is 0 Å². The summed E-state index contributed by atoms with van der Waals surface area (Å²) in [6, 6.07) is 0. The van der Waals surface area contributed by atoms with Gasteiger partial charge in [0.1, 0.15) is 146 Å². The minimum Gasteiger partial charge on any atom is -0.394 e. The van der Waals surface area contributed by atoms with E-state index in [0.29, 0.717) is 0 Å². The molecule has 0 aromatic rings. The SMILES string of the molecule is COC1C2OC(CO)C(OC3OC(CO)C(OC4OC(CO)C(OC5OC(CO)C(OC6OC(CO)C(OC7OC(CO)C(O2)C(OC)C7OC)C(OC)C6OC)[C@@H](OC)C5OC)C(OC)C4OC)C(OC)C3OC)C1OC. The van der Waals surface area contributed by atoms with Gasteiger partial charge in [-0.2, -0.15) is 0 Å². The molecule has 12 bridgehead atoms. The maximum absolute atomic E-state index is 11.0. The molecule has 22 fully saturated rings. The third-order valence-corrected chi connectivity index (χ3v) is 15.6. The first-order chi connectivity index (χ1) is 37.9. The third-order valence-electron chi connectivity index (χ3n) is 15.6. The third kappa shape index (κ3) is 12.7. The summed E-state index contributed by atoms with van der Waals surface area (Å²) in [6.07, 6.45) is -35.9. The average Bonchev–Trinajstić information content (AvgIpc) is 3.52. The van der Waals surface area contributed by atoms with E-state index in [0.717, 1.165) is 0 Å². The Morgan fingerprint density at radius 1 is 0.192 bits per heavy atom. The molecule has 0 spiro atoms. The van der Waals surface area contributed by atoms with Crippen molar-refractivity contribution in [1.29, 1.82) is 0 Å². The molecule has 78 heavy (non-hydrogen) atoms. The van der Waals surface area contributed by atoms with Gasteiger partial charge in [0, 0.05) is 85.3 Å². The van der Waals surface area contributed by atoms with E-state index in [-0.39, 0.29) is 0 Å². The van der Waals surface area contributed by atoms with Gasteiger partial charge in [-0.25, -0.2) is 0 Å². The van der Waals surface area contributed by atoms with Gasteiger partial charge in [-0.1, -0.05) is 0 Å². The minimum absolute atomic E-state index is 0.656. The number of hydrogen-bond donors (Lipinski definition) is 6. The zero-order valence-electron chi connectivity index (χ0n) is 46.0. The van der Waals surface area contributed by atoms with Gasteiger partial charge in [0.2, 0.25) is 0 Å². The Kier molecular flexibility index (Phi) is 24.8. The highest BCUT2D eigenvalue weighted by Crippen LogP contribution is 2.41. The first-order valence-electron chi connectivity index (χ1n) is 25.7. The Morgan fingerprint density at radius 2 is 0.308 bits per heavy atom. The normalized spacial score (nSPS) is 48.7. The molecule has 22 aliphatic rings. The Bertz CT molecular complexity index is 1420. The maximum Gasteiger partial charge on any atom is 0.187 e. The summed E-state index contributed by atoms with van der Waals surface area (Å²) in [5.74, 6) is 0. The van der Waals surface area contributed by atoms with E-state index in [1.54, 1.807) is 0 Å². The molecule has 0 aromatic carbocycles. The van der Waals surface area contributed by atoms with Crippen molar-refractivity contribution >= 4 is 0 Å². The molecule has 0 aliphatic carbocycles. The van der Waals surface area contributed by atoms with Crippen LogP contribution in [0.2, 0.25) is 0 Å². The highest BCUT2D eigenvalue weighted by atomic mass is 16.8. The summed E-state index contributed by atoms with van der Waals surface area (Å²) >= 11 is 0. The van der Waals surface area contributed by atoms with Gasteiger partial charge in [0.15, 0.2) is 37.7 Å². The first kappa shape index (κ1) is 64.4. The second-order valence-electron chi connectivity index (χ2n) is 19.4. The predicted molar refractivity (Wildman–Crippen MR) is 253 cm³/mol. The van der Waals surface area contributed by atoms with Crippen molar-refractivity contribution in [2.24, 2.45) is 0 Å². The minimum atomic E-state index is -1.37. The van der Waals surface area contributed by atoms with Crippen molar-refractivity contribution in [1.82, 2.24) is 0 Å². The van der Waals surface area contributed by atoms with Crippen LogP contribution in [-0.4, -0.2) is 340 Å². The topological polar surface area (TPSA) is 343 Å². The lowest BCUT2D eigenvalue weighted by Crippen LogP contribution is -2.70. The summed E-state index contributed by atoms with van der Waals surface area (Å²) in [5.41, 5.74) is 0. The van der Waals surface area contributed by atoms with Crippen molar-refractivity contribution in [2.75, 3.05) is 125 Å². The largest absolute Gasteiger partial charge is 0.394 e. The molecule has 30 heteroatoms. The fraction of sp³-hybridized carbons (Fsp3) is 1.00. The van der Waals surface area contributed by atoms with Crippen LogP contribution in [0.3, 0.4) is 0 Å². The molecule has 22 rings (SSSR count). The first-order valence-corrected chi connectivity index (χ1v) is 25.7. The van der Waals surface area contributed by atoms with Crippen LogP contribution < -0.4 is 0 Å². The smallest absolute Gasteiger partial charge is 0.187 e. The fourth-order valence-corrected chi connectivity index (χ4v) is 11.8. The number of hydrogen-bond acceptors (Lipinski definition) is 30. The van der Waals surface area contributed by atoms with Crippen LogP contribution in [-0.2, 0) is 114 Å². The lowest BCUT2D eigenvalue weighted by Gasteiger charge is -2.53. The zero-order valence-corrected chi connectivity index (χ0v) is 46.0. The van der Waals surface area contributed by atoms with Gasteiger partial charge in [0.25, 0.3) is 0 Å². The summed E-state index contributed by atoms with van der Waals surface area (Å²) in [4.78, 5) is 0. The molecule has 22 heterocycles. The predicted octanol–water partition coefficient (Wildman–Crippen LogP) is -5.21. The molecule has 6 N–H and O–H groups in total. The highest BCUT2D eigenvalue weighted by molar-refractivity contribution is 5.03. The van der Waals surface area contributed by atoms with Crippen LogP contribution in [0.25, 0.3) is 0 Å². The molecular weight excluding hydrogens is 1060 g/mol. The van der Waals surface area contributed by atoms with Gasteiger partial charge in [-0.15, -0.1) is 0 Å². The van der Waals surface area contributed by atoms with Gasteiger partial charge in [-0.3, -0.25) is 0 Å².